The van der Waals surface area contributed by atoms with E-state index in [0.717, 1.165) is 36.9 Å². The third-order valence-electron chi connectivity index (χ3n) is 4.44. The number of anilines is 1. The lowest BCUT2D eigenvalue weighted by molar-refractivity contribution is -0.115. The van der Waals surface area contributed by atoms with Crippen LogP contribution in [-0.2, 0) is 17.6 Å². The summed E-state index contributed by atoms with van der Waals surface area (Å²) in [6.45, 7) is 1.89. The Bertz CT molecular complexity index is 863. The minimum atomic E-state index is -0.467. The van der Waals surface area contributed by atoms with Gasteiger partial charge in [0.15, 0.2) is 0 Å². The van der Waals surface area contributed by atoms with Gasteiger partial charge in [0, 0.05) is 5.69 Å². The maximum absolute atomic E-state index is 13.8. The molecule has 134 valence electrons. The predicted molar refractivity (Wildman–Crippen MR) is 101 cm³/mol. The van der Waals surface area contributed by atoms with Gasteiger partial charge in [-0.15, -0.1) is 0 Å². The Balaban J connectivity index is 1.80. The second kappa shape index (κ2) is 8.33. The van der Waals surface area contributed by atoms with E-state index in [2.05, 4.69) is 16.4 Å². The number of hydrogen-bond donors (Lipinski definition) is 1. The van der Waals surface area contributed by atoms with Gasteiger partial charge in [0.05, 0.1) is 16.5 Å². The van der Waals surface area contributed by atoms with Crippen LogP contribution in [0.4, 0.5) is 10.1 Å². The first-order valence-corrected chi connectivity index (χ1v) is 9.65. The maximum atomic E-state index is 13.8. The van der Waals surface area contributed by atoms with E-state index in [1.54, 1.807) is 12.1 Å². The van der Waals surface area contributed by atoms with Gasteiger partial charge < -0.3 is 5.32 Å². The van der Waals surface area contributed by atoms with Crippen LogP contribution in [0, 0.1) is 17.1 Å². The second-order valence-corrected chi connectivity index (χ2v) is 7.44. The van der Waals surface area contributed by atoms with Crippen LogP contribution in [0.3, 0.4) is 0 Å². The molecule has 0 fully saturated rings. The molecule has 6 heteroatoms. The zero-order valence-corrected chi connectivity index (χ0v) is 15.4. The third kappa shape index (κ3) is 4.05. The lowest BCUT2D eigenvalue weighted by atomic mass is 9.95. The summed E-state index contributed by atoms with van der Waals surface area (Å²) < 4.78 is 13.8. The number of amides is 1. The van der Waals surface area contributed by atoms with Crippen molar-refractivity contribution in [3.05, 3.63) is 53.0 Å². The standard InChI is InChI=1S/C20H20FN3OS/c1-2-18(19(25)23-17-10-6-4-8-15(17)21)26-20-14(12-22)11-13-7-3-5-9-16(13)24-20/h4,6,8,10-11,18H,2-3,5,7,9H2,1H3,(H,23,25). The predicted octanol–water partition coefficient (Wildman–Crippen LogP) is 4.48. The number of para-hydroxylation sites is 1. The molecule has 1 amide bonds. The van der Waals surface area contributed by atoms with Crippen LogP contribution in [0.25, 0.3) is 0 Å². The number of nitrogens with one attached hydrogen (secondary N) is 1. The molecule has 4 nitrogen and oxygen atoms in total. The van der Waals surface area contributed by atoms with E-state index in [0.29, 0.717) is 17.0 Å². The molecule has 2 aromatic rings. The van der Waals surface area contributed by atoms with E-state index in [1.807, 2.05) is 13.0 Å². The first-order chi connectivity index (χ1) is 12.6. The fourth-order valence-corrected chi connectivity index (χ4v) is 4.01. The minimum absolute atomic E-state index is 0.162. The van der Waals surface area contributed by atoms with Gasteiger partial charge in [-0.05, 0) is 55.9 Å². The lowest BCUT2D eigenvalue weighted by Crippen LogP contribution is -2.25. The van der Waals surface area contributed by atoms with E-state index in [4.69, 9.17) is 0 Å². The monoisotopic (exact) mass is 369 g/mol. The Morgan fingerprint density at radius 3 is 2.88 bits per heavy atom. The first-order valence-electron chi connectivity index (χ1n) is 8.77. The van der Waals surface area contributed by atoms with E-state index >= 15 is 0 Å². The molecule has 1 heterocycles. The molecule has 0 saturated heterocycles. The van der Waals surface area contributed by atoms with Gasteiger partial charge in [-0.2, -0.15) is 5.26 Å². The molecule has 3 rings (SSSR count). The van der Waals surface area contributed by atoms with Crippen molar-refractivity contribution in [3.8, 4) is 6.07 Å². The quantitative estimate of drug-likeness (QED) is 0.789. The van der Waals surface area contributed by atoms with E-state index < -0.39 is 11.1 Å². The van der Waals surface area contributed by atoms with Crippen LogP contribution in [0.2, 0.25) is 0 Å². The van der Waals surface area contributed by atoms with Crippen molar-refractivity contribution in [2.45, 2.75) is 49.3 Å². The highest BCUT2D eigenvalue weighted by Gasteiger charge is 2.23. The van der Waals surface area contributed by atoms with E-state index in [9.17, 15) is 14.4 Å². The number of fused-ring (bicyclic) bond motifs is 1. The van der Waals surface area contributed by atoms with Gasteiger partial charge in [0.1, 0.15) is 16.9 Å². The molecule has 1 unspecified atom stereocenters. The highest BCUT2D eigenvalue weighted by molar-refractivity contribution is 8.00. The van der Waals surface area contributed by atoms with Gasteiger partial charge in [-0.1, -0.05) is 30.8 Å². The number of nitriles is 1. The third-order valence-corrected chi connectivity index (χ3v) is 5.80. The van der Waals surface area contributed by atoms with Crippen LogP contribution in [0.1, 0.15) is 43.0 Å². The van der Waals surface area contributed by atoms with Crippen LogP contribution >= 0.6 is 11.8 Å². The highest BCUT2D eigenvalue weighted by atomic mass is 32.2. The number of thioether (sulfide) groups is 1. The Morgan fingerprint density at radius 2 is 2.15 bits per heavy atom. The second-order valence-electron chi connectivity index (χ2n) is 6.25. The van der Waals surface area contributed by atoms with Crippen molar-refractivity contribution < 1.29 is 9.18 Å². The van der Waals surface area contributed by atoms with Gasteiger partial charge in [-0.25, -0.2) is 9.37 Å². The molecule has 0 spiro atoms. The van der Waals surface area contributed by atoms with Crippen LogP contribution in [-0.4, -0.2) is 16.1 Å². The number of pyridine rings is 1. The molecule has 1 atom stereocenters. The molecule has 1 aromatic carbocycles. The van der Waals surface area contributed by atoms with Crippen molar-refractivity contribution in [2.24, 2.45) is 0 Å². The lowest BCUT2D eigenvalue weighted by Gasteiger charge is -2.19. The van der Waals surface area contributed by atoms with Crippen molar-refractivity contribution in [2.75, 3.05) is 5.32 Å². The normalized spacial score (nSPS) is 14.2. The smallest absolute Gasteiger partial charge is 0.237 e. The topological polar surface area (TPSA) is 65.8 Å². The van der Waals surface area contributed by atoms with Crippen LogP contribution in [0.15, 0.2) is 35.4 Å². The number of hydrogen-bond acceptors (Lipinski definition) is 4. The summed E-state index contributed by atoms with van der Waals surface area (Å²) in [5, 5.41) is 12.2. The van der Waals surface area contributed by atoms with Crippen molar-refractivity contribution in [1.82, 2.24) is 4.98 Å². The summed E-state index contributed by atoms with van der Waals surface area (Å²) in [5.74, 6) is -0.753. The summed E-state index contributed by atoms with van der Waals surface area (Å²) in [7, 11) is 0. The summed E-state index contributed by atoms with van der Waals surface area (Å²) in [6.07, 6.45) is 4.63. The first kappa shape index (κ1) is 18.4. The van der Waals surface area contributed by atoms with Gasteiger partial charge >= 0.3 is 0 Å². The van der Waals surface area contributed by atoms with E-state index in [1.165, 1.54) is 23.9 Å². The number of nitrogens with zero attached hydrogens (tertiary/aromatic N) is 2. The minimum Gasteiger partial charge on any atom is -0.323 e. The molecule has 1 aliphatic carbocycles. The molecule has 1 aromatic heterocycles. The number of halogens is 1. The maximum Gasteiger partial charge on any atom is 0.237 e. The molecule has 0 bridgehead atoms. The number of benzene rings is 1. The molecule has 26 heavy (non-hydrogen) atoms. The molecule has 1 aliphatic rings. The van der Waals surface area contributed by atoms with Gasteiger partial charge in [0.25, 0.3) is 0 Å². The number of aryl methyl sites for hydroxylation is 2. The van der Waals surface area contributed by atoms with Gasteiger partial charge in [0.2, 0.25) is 5.91 Å². The Morgan fingerprint density at radius 1 is 1.38 bits per heavy atom. The highest BCUT2D eigenvalue weighted by Crippen LogP contribution is 2.31. The molecule has 0 radical (unpaired) electrons. The summed E-state index contributed by atoms with van der Waals surface area (Å²) in [5.41, 5.74) is 2.84. The summed E-state index contributed by atoms with van der Waals surface area (Å²) in [6, 6.07) is 10.2. The van der Waals surface area contributed by atoms with Crippen molar-refractivity contribution in [3.63, 3.8) is 0 Å². The molecule has 1 N–H and O–H groups in total. The van der Waals surface area contributed by atoms with Crippen molar-refractivity contribution >= 4 is 23.4 Å². The average molecular weight is 369 g/mol. The zero-order valence-electron chi connectivity index (χ0n) is 14.6. The Labute approximate surface area is 156 Å². The van der Waals surface area contributed by atoms with Gasteiger partial charge in [-0.3, -0.25) is 4.79 Å². The zero-order chi connectivity index (χ0) is 18.5. The van der Waals surface area contributed by atoms with Crippen molar-refractivity contribution in [1.29, 1.82) is 5.26 Å². The fourth-order valence-electron chi connectivity index (χ4n) is 3.02. The number of rotatable bonds is 5. The average Bonchev–Trinajstić information content (AvgIpc) is 2.67. The fraction of sp³-hybridized carbons (Fsp3) is 0.350. The molecular weight excluding hydrogens is 349 g/mol. The SMILES string of the molecule is CCC(Sc1nc2c(cc1C#N)CCCC2)C(=O)Nc1ccccc1F. The number of carbonyl (C=O) groups excluding carboxylic acids is 1. The van der Waals surface area contributed by atoms with Crippen LogP contribution < -0.4 is 5.32 Å². The molecule has 0 saturated carbocycles. The molecular formula is C20H20FN3OS. The summed E-state index contributed by atoms with van der Waals surface area (Å²) in [4.78, 5) is 17.2. The largest absolute Gasteiger partial charge is 0.323 e. The Kier molecular flexibility index (Phi) is 5.89. The summed E-state index contributed by atoms with van der Waals surface area (Å²) >= 11 is 1.28. The molecule has 0 aliphatic heterocycles. The van der Waals surface area contributed by atoms with Crippen LogP contribution in [0.5, 0.6) is 0 Å². The number of carbonyl (C=O) groups is 1. The Hall–Kier alpha value is -2.39. The van der Waals surface area contributed by atoms with E-state index in [-0.39, 0.29) is 11.6 Å². The number of aromatic nitrogens is 1.